The minimum atomic E-state index is -0.642. The van der Waals surface area contributed by atoms with E-state index < -0.39 is 11.9 Å². The van der Waals surface area contributed by atoms with Crippen molar-refractivity contribution in [2.24, 2.45) is 0 Å². The van der Waals surface area contributed by atoms with E-state index in [4.69, 9.17) is 0 Å². The van der Waals surface area contributed by atoms with E-state index in [9.17, 15) is 18.8 Å². The van der Waals surface area contributed by atoms with Gasteiger partial charge in [-0.25, -0.2) is 9.18 Å². The fourth-order valence-corrected chi connectivity index (χ4v) is 3.08. The van der Waals surface area contributed by atoms with Crippen LogP contribution in [0.3, 0.4) is 0 Å². The number of urea groups is 1. The number of carbonyl (C=O) groups is 3. The zero-order valence-electron chi connectivity index (χ0n) is 13.0. The molecule has 1 atom stereocenters. The van der Waals surface area contributed by atoms with Crippen molar-refractivity contribution in [2.45, 2.75) is 25.9 Å². The number of hydrogen-bond acceptors (Lipinski definition) is 3. The summed E-state index contributed by atoms with van der Waals surface area (Å²) >= 11 is 0. The molecule has 0 saturated carbocycles. The summed E-state index contributed by atoms with van der Waals surface area (Å²) in [4.78, 5) is 41.4. The summed E-state index contributed by atoms with van der Waals surface area (Å²) in [7, 11) is 0. The first-order valence-corrected chi connectivity index (χ1v) is 7.58. The summed E-state index contributed by atoms with van der Waals surface area (Å²) < 4.78 is 13.3. The fourth-order valence-electron chi connectivity index (χ4n) is 3.08. The van der Waals surface area contributed by atoms with Crippen LogP contribution >= 0.6 is 0 Å². The van der Waals surface area contributed by atoms with Crippen molar-refractivity contribution in [2.75, 3.05) is 19.6 Å². The second-order valence-electron chi connectivity index (χ2n) is 6.06. The Morgan fingerprint density at radius 1 is 1.26 bits per heavy atom. The normalized spacial score (nSPS) is 21.2. The Morgan fingerprint density at radius 3 is 2.65 bits per heavy atom. The topological polar surface area (TPSA) is 60.9 Å². The molecule has 2 aliphatic rings. The number of carbonyl (C=O) groups excluding carboxylic acids is 3. The summed E-state index contributed by atoms with van der Waals surface area (Å²) in [6.45, 7) is 4.34. The molecule has 2 heterocycles. The first-order valence-electron chi connectivity index (χ1n) is 7.58. The van der Waals surface area contributed by atoms with E-state index in [0.29, 0.717) is 13.1 Å². The molecule has 23 heavy (non-hydrogen) atoms. The summed E-state index contributed by atoms with van der Waals surface area (Å²) in [5.74, 6) is -1.08. The molecule has 1 aromatic rings. The van der Waals surface area contributed by atoms with Crippen LogP contribution in [-0.2, 0) is 4.79 Å². The van der Waals surface area contributed by atoms with E-state index in [1.54, 1.807) is 19.9 Å². The van der Waals surface area contributed by atoms with Crippen molar-refractivity contribution in [3.8, 4) is 0 Å². The van der Waals surface area contributed by atoms with E-state index in [1.807, 2.05) is 0 Å². The smallest absolute Gasteiger partial charge is 0.327 e. The Morgan fingerprint density at radius 2 is 2.00 bits per heavy atom. The number of imide groups is 1. The SMILES string of the molecule is CC(C)N1C(=O)C2CN(C(=O)c3cccc(F)c3)CCN2C1=O. The minimum Gasteiger partial charge on any atom is -0.334 e. The van der Waals surface area contributed by atoms with E-state index in [2.05, 4.69) is 0 Å². The van der Waals surface area contributed by atoms with Gasteiger partial charge in [0.25, 0.3) is 11.8 Å². The number of halogens is 1. The van der Waals surface area contributed by atoms with Crippen LogP contribution in [0.4, 0.5) is 9.18 Å². The maximum atomic E-state index is 13.3. The summed E-state index contributed by atoms with van der Waals surface area (Å²) in [6.07, 6.45) is 0. The second-order valence-corrected chi connectivity index (χ2v) is 6.06. The molecule has 2 saturated heterocycles. The molecule has 7 heteroatoms. The number of hydrogen-bond donors (Lipinski definition) is 0. The lowest BCUT2D eigenvalue weighted by molar-refractivity contribution is -0.130. The van der Waals surface area contributed by atoms with Crippen molar-refractivity contribution < 1.29 is 18.8 Å². The number of benzene rings is 1. The maximum absolute atomic E-state index is 13.3. The second kappa shape index (κ2) is 5.64. The molecule has 3 rings (SSSR count). The molecule has 0 radical (unpaired) electrons. The van der Waals surface area contributed by atoms with Gasteiger partial charge in [0.2, 0.25) is 0 Å². The zero-order chi connectivity index (χ0) is 16.7. The molecule has 0 spiro atoms. The molecule has 0 aromatic heterocycles. The standard InChI is InChI=1S/C16H18FN3O3/c1-10(2)20-15(22)13-9-18(6-7-19(13)16(20)23)14(21)11-4-3-5-12(17)8-11/h3-5,8,10,13H,6-7,9H2,1-2H3. The third kappa shape index (κ3) is 2.56. The Balaban J connectivity index is 1.79. The predicted octanol–water partition coefficient (Wildman–Crippen LogP) is 1.32. The molecule has 2 aliphatic heterocycles. The molecular weight excluding hydrogens is 301 g/mol. The highest BCUT2D eigenvalue weighted by Gasteiger charge is 2.49. The van der Waals surface area contributed by atoms with Gasteiger partial charge in [0.1, 0.15) is 11.9 Å². The lowest BCUT2D eigenvalue weighted by Gasteiger charge is -2.35. The van der Waals surface area contributed by atoms with Gasteiger partial charge in [-0.15, -0.1) is 0 Å². The van der Waals surface area contributed by atoms with E-state index in [0.717, 1.165) is 0 Å². The van der Waals surface area contributed by atoms with E-state index in [-0.39, 0.29) is 36.0 Å². The van der Waals surface area contributed by atoms with Gasteiger partial charge in [-0.3, -0.25) is 14.5 Å². The minimum absolute atomic E-state index is 0.142. The van der Waals surface area contributed by atoms with Crippen LogP contribution in [0.25, 0.3) is 0 Å². The van der Waals surface area contributed by atoms with Gasteiger partial charge in [0.15, 0.2) is 0 Å². The maximum Gasteiger partial charge on any atom is 0.327 e. The van der Waals surface area contributed by atoms with Crippen LogP contribution in [0.2, 0.25) is 0 Å². The predicted molar refractivity (Wildman–Crippen MR) is 80.2 cm³/mol. The number of amides is 4. The van der Waals surface area contributed by atoms with Crippen LogP contribution in [0.1, 0.15) is 24.2 Å². The van der Waals surface area contributed by atoms with Crippen LogP contribution < -0.4 is 0 Å². The molecule has 1 unspecified atom stereocenters. The van der Waals surface area contributed by atoms with E-state index >= 15 is 0 Å². The van der Waals surface area contributed by atoms with Gasteiger partial charge in [0.05, 0.1) is 6.54 Å². The zero-order valence-corrected chi connectivity index (χ0v) is 13.0. The van der Waals surface area contributed by atoms with Crippen molar-refractivity contribution in [3.63, 3.8) is 0 Å². The van der Waals surface area contributed by atoms with Crippen molar-refractivity contribution in [1.29, 1.82) is 0 Å². The van der Waals surface area contributed by atoms with Gasteiger partial charge in [-0.05, 0) is 32.0 Å². The van der Waals surface area contributed by atoms with Crippen LogP contribution in [0, 0.1) is 5.82 Å². The van der Waals surface area contributed by atoms with Crippen LogP contribution in [0.5, 0.6) is 0 Å². The number of fused-ring (bicyclic) bond motifs is 1. The van der Waals surface area contributed by atoms with E-state index in [1.165, 1.54) is 32.9 Å². The molecule has 122 valence electrons. The molecule has 0 N–H and O–H groups in total. The number of rotatable bonds is 2. The molecule has 4 amide bonds. The first-order chi connectivity index (χ1) is 10.9. The Labute approximate surface area is 133 Å². The lowest BCUT2D eigenvalue weighted by Crippen LogP contribution is -2.54. The Bertz CT molecular complexity index is 676. The quantitative estimate of drug-likeness (QED) is 0.773. The average Bonchev–Trinajstić information content (AvgIpc) is 2.77. The third-order valence-electron chi connectivity index (χ3n) is 4.23. The highest BCUT2D eigenvalue weighted by atomic mass is 19.1. The highest BCUT2D eigenvalue weighted by molar-refractivity contribution is 6.05. The van der Waals surface area contributed by atoms with Gasteiger partial charge in [0, 0.05) is 24.7 Å². The molecule has 6 nitrogen and oxygen atoms in total. The summed E-state index contributed by atoms with van der Waals surface area (Å²) in [6, 6.07) is 4.31. The summed E-state index contributed by atoms with van der Waals surface area (Å²) in [5.41, 5.74) is 0.246. The highest BCUT2D eigenvalue weighted by Crippen LogP contribution is 2.24. The summed E-state index contributed by atoms with van der Waals surface area (Å²) in [5, 5.41) is 0. The van der Waals surface area contributed by atoms with Crippen molar-refractivity contribution >= 4 is 17.8 Å². The number of nitrogens with zero attached hydrogens (tertiary/aromatic N) is 3. The number of piperazine rings is 1. The molecule has 0 bridgehead atoms. The van der Waals surface area contributed by atoms with Gasteiger partial charge in [-0.2, -0.15) is 0 Å². The average molecular weight is 319 g/mol. The molecular formula is C16H18FN3O3. The van der Waals surface area contributed by atoms with Gasteiger partial charge in [-0.1, -0.05) is 6.07 Å². The molecule has 1 aromatic carbocycles. The molecule has 0 aliphatic carbocycles. The monoisotopic (exact) mass is 319 g/mol. The fraction of sp³-hybridized carbons (Fsp3) is 0.438. The largest absolute Gasteiger partial charge is 0.334 e. The van der Waals surface area contributed by atoms with Crippen molar-refractivity contribution in [1.82, 2.24) is 14.7 Å². The molecule has 2 fully saturated rings. The first kappa shape index (κ1) is 15.5. The van der Waals surface area contributed by atoms with Gasteiger partial charge < -0.3 is 9.80 Å². The van der Waals surface area contributed by atoms with Crippen molar-refractivity contribution in [3.05, 3.63) is 35.6 Å². The Kier molecular flexibility index (Phi) is 3.79. The van der Waals surface area contributed by atoms with Crippen LogP contribution in [-0.4, -0.2) is 64.3 Å². The van der Waals surface area contributed by atoms with Gasteiger partial charge >= 0.3 is 6.03 Å². The Hall–Kier alpha value is -2.44. The van der Waals surface area contributed by atoms with Crippen LogP contribution in [0.15, 0.2) is 24.3 Å². The third-order valence-corrected chi connectivity index (χ3v) is 4.23. The lowest BCUT2D eigenvalue weighted by atomic mass is 10.1.